The average molecular weight is 503 g/mol. The van der Waals surface area contributed by atoms with Gasteiger partial charge in [-0.05, 0) is 71.5 Å². The van der Waals surface area contributed by atoms with Crippen LogP contribution in [-0.4, -0.2) is 18.9 Å². The number of imide groups is 1. The predicted octanol–water partition coefficient (Wildman–Crippen LogP) is 4.70. The Hall–Kier alpha value is -1.77. The van der Waals surface area contributed by atoms with E-state index in [1.54, 1.807) is 24.3 Å². The molecule has 134 valence electrons. The maximum atomic E-state index is 12.8. The van der Waals surface area contributed by atoms with Crippen molar-refractivity contribution >= 4 is 69.0 Å². The van der Waals surface area contributed by atoms with Crippen molar-refractivity contribution in [3.05, 3.63) is 61.3 Å². The van der Waals surface area contributed by atoms with E-state index in [-0.39, 0.29) is 10.7 Å². The summed E-state index contributed by atoms with van der Waals surface area (Å²) in [6.07, 6.45) is 0. The van der Waals surface area contributed by atoms with Gasteiger partial charge >= 0.3 is 0 Å². The largest absolute Gasteiger partial charge is 0.495 e. The number of methoxy groups -OCH3 is 1. The normalized spacial score (nSPS) is 14.3. The van der Waals surface area contributed by atoms with Crippen molar-refractivity contribution in [2.24, 2.45) is 0 Å². The molecule has 0 aromatic heterocycles. The number of nitrogens with zero attached hydrogens (tertiary/aromatic N) is 1. The van der Waals surface area contributed by atoms with Crippen molar-refractivity contribution in [2.45, 2.75) is 6.92 Å². The second-order valence-electron chi connectivity index (χ2n) is 5.54. The van der Waals surface area contributed by atoms with Crippen LogP contribution >= 0.6 is 45.8 Å². The predicted molar refractivity (Wildman–Crippen MR) is 111 cm³/mol. The van der Waals surface area contributed by atoms with Gasteiger partial charge in [-0.15, -0.1) is 0 Å². The molecule has 2 aromatic carbocycles. The first-order valence-corrected chi connectivity index (χ1v) is 9.32. The highest BCUT2D eigenvalue weighted by molar-refractivity contribution is 14.1. The molecule has 0 aliphatic carbocycles. The number of anilines is 2. The molecule has 0 saturated carbocycles. The van der Waals surface area contributed by atoms with Crippen LogP contribution in [0.3, 0.4) is 0 Å². The highest BCUT2D eigenvalue weighted by Crippen LogP contribution is 2.34. The summed E-state index contributed by atoms with van der Waals surface area (Å²) in [4.78, 5) is 26.4. The van der Waals surface area contributed by atoms with E-state index in [1.165, 1.54) is 7.11 Å². The molecule has 2 aromatic rings. The Morgan fingerprint density at radius 3 is 2.42 bits per heavy atom. The molecule has 1 aliphatic rings. The van der Waals surface area contributed by atoms with E-state index < -0.39 is 11.8 Å². The SMILES string of the molecule is COc1ccc(NC2=C(Cl)C(=O)N(c3ccc(I)cc3C)C2=O)cc1Cl. The number of hydrogen-bond donors (Lipinski definition) is 1. The van der Waals surface area contributed by atoms with Crippen molar-refractivity contribution in [3.8, 4) is 5.75 Å². The van der Waals surface area contributed by atoms with Gasteiger partial charge in [0.15, 0.2) is 0 Å². The van der Waals surface area contributed by atoms with Crippen molar-refractivity contribution in [1.29, 1.82) is 0 Å². The van der Waals surface area contributed by atoms with Crippen LogP contribution < -0.4 is 15.0 Å². The third kappa shape index (κ3) is 3.41. The van der Waals surface area contributed by atoms with Crippen LogP contribution in [0.1, 0.15) is 5.56 Å². The summed E-state index contributed by atoms with van der Waals surface area (Å²) in [5.41, 5.74) is 1.84. The van der Waals surface area contributed by atoms with E-state index in [9.17, 15) is 9.59 Å². The summed E-state index contributed by atoms with van der Waals surface area (Å²) in [5.74, 6) is -0.582. The molecule has 8 heteroatoms. The number of rotatable bonds is 4. The molecule has 3 rings (SSSR count). The fourth-order valence-electron chi connectivity index (χ4n) is 2.59. The quantitative estimate of drug-likeness (QED) is 0.486. The van der Waals surface area contributed by atoms with Gasteiger partial charge in [0.05, 0.1) is 17.8 Å². The standard InChI is InChI=1S/C18H13Cl2IN2O3/c1-9-7-10(21)3-5-13(9)23-17(24)15(20)16(18(23)25)22-11-4-6-14(26-2)12(19)8-11/h3-8,22H,1-2H3. The van der Waals surface area contributed by atoms with E-state index in [4.69, 9.17) is 27.9 Å². The van der Waals surface area contributed by atoms with Gasteiger partial charge < -0.3 is 10.1 Å². The van der Waals surface area contributed by atoms with Crippen molar-refractivity contribution in [1.82, 2.24) is 0 Å². The molecule has 0 fully saturated rings. The van der Waals surface area contributed by atoms with E-state index >= 15 is 0 Å². The average Bonchev–Trinajstić information content (AvgIpc) is 2.79. The highest BCUT2D eigenvalue weighted by atomic mass is 127. The Morgan fingerprint density at radius 1 is 1.08 bits per heavy atom. The molecule has 1 aliphatic heterocycles. The van der Waals surface area contributed by atoms with Crippen LogP contribution in [0.4, 0.5) is 11.4 Å². The molecule has 1 heterocycles. The maximum Gasteiger partial charge on any atom is 0.283 e. The van der Waals surface area contributed by atoms with Crippen LogP contribution in [0.25, 0.3) is 0 Å². The number of nitrogens with one attached hydrogen (secondary N) is 1. The zero-order valence-electron chi connectivity index (χ0n) is 13.8. The van der Waals surface area contributed by atoms with Crippen molar-refractivity contribution < 1.29 is 14.3 Å². The summed E-state index contributed by atoms with van der Waals surface area (Å²) in [6, 6.07) is 10.4. The van der Waals surface area contributed by atoms with Crippen LogP contribution in [0.15, 0.2) is 47.1 Å². The number of benzene rings is 2. The lowest BCUT2D eigenvalue weighted by atomic mass is 10.2. The molecular formula is C18H13Cl2IN2O3. The zero-order chi connectivity index (χ0) is 19.0. The molecule has 26 heavy (non-hydrogen) atoms. The number of halogens is 3. The lowest BCUT2D eigenvalue weighted by Gasteiger charge is -2.17. The smallest absolute Gasteiger partial charge is 0.283 e. The molecular weight excluding hydrogens is 490 g/mol. The number of amides is 2. The van der Waals surface area contributed by atoms with E-state index in [1.807, 2.05) is 19.1 Å². The van der Waals surface area contributed by atoms with Crippen LogP contribution in [0.2, 0.25) is 5.02 Å². The fraction of sp³-hybridized carbons (Fsp3) is 0.111. The number of ether oxygens (including phenoxy) is 1. The Kier molecular flexibility index (Phi) is 5.45. The molecule has 0 radical (unpaired) electrons. The number of carbonyl (C=O) groups is 2. The van der Waals surface area contributed by atoms with E-state index in [0.717, 1.165) is 14.0 Å². The summed E-state index contributed by atoms with van der Waals surface area (Å²) >= 11 is 14.4. The highest BCUT2D eigenvalue weighted by Gasteiger charge is 2.39. The topological polar surface area (TPSA) is 58.6 Å². The van der Waals surface area contributed by atoms with Gasteiger partial charge in [0, 0.05) is 9.26 Å². The molecule has 0 spiro atoms. The van der Waals surface area contributed by atoms with E-state index in [2.05, 4.69) is 27.9 Å². The minimum Gasteiger partial charge on any atom is -0.495 e. The summed E-state index contributed by atoms with van der Waals surface area (Å²) in [5, 5.41) is 3.09. The van der Waals surface area contributed by atoms with Gasteiger partial charge in [0.25, 0.3) is 11.8 Å². The molecule has 2 amide bonds. The van der Waals surface area contributed by atoms with Crippen molar-refractivity contribution in [2.75, 3.05) is 17.3 Å². The Morgan fingerprint density at radius 2 is 1.81 bits per heavy atom. The molecule has 0 unspecified atom stereocenters. The van der Waals surface area contributed by atoms with Crippen LogP contribution in [0.5, 0.6) is 5.75 Å². The molecule has 0 saturated heterocycles. The Bertz CT molecular complexity index is 959. The number of aryl methyl sites for hydroxylation is 1. The third-order valence-corrected chi connectivity index (χ3v) is 5.17. The van der Waals surface area contributed by atoms with Crippen LogP contribution in [-0.2, 0) is 9.59 Å². The number of hydrogen-bond acceptors (Lipinski definition) is 4. The van der Waals surface area contributed by atoms with Gasteiger partial charge in [-0.25, -0.2) is 4.90 Å². The second-order valence-corrected chi connectivity index (χ2v) is 7.57. The first-order chi connectivity index (χ1) is 12.3. The third-order valence-electron chi connectivity index (χ3n) is 3.85. The first-order valence-electron chi connectivity index (χ1n) is 7.48. The van der Waals surface area contributed by atoms with E-state index in [0.29, 0.717) is 22.1 Å². The monoisotopic (exact) mass is 502 g/mol. The molecule has 5 nitrogen and oxygen atoms in total. The van der Waals surface area contributed by atoms with Gasteiger partial charge in [-0.1, -0.05) is 23.2 Å². The first kappa shape index (κ1) is 19.0. The lowest BCUT2D eigenvalue weighted by molar-refractivity contribution is -0.120. The fourth-order valence-corrected chi connectivity index (χ4v) is 3.71. The van der Waals surface area contributed by atoms with Gasteiger partial charge in [-0.2, -0.15) is 0 Å². The van der Waals surface area contributed by atoms with Gasteiger partial charge in [0.2, 0.25) is 0 Å². The second kappa shape index (κ2) is 7.46. The molecule has 0 bridgehead atoms. The Labute approximate surface area is 174 Å². The number of carbonyl (C=O) groups excluding carboxylic acids is 2. The maximum absolute atomic E-state index is 12.8. The van der Waals surface area contributed by atoms with Crippen LogP contribution in [0, 0.1) is 10.5 Å². The summed E-state index contributed by atoms with van der Waals surface area (Å²) in [6.45, 7) is 1.83. The zero-order valence-corrected chi connectivity index (χ0v) is 17.4. The van der Waals surface area contributed by atoms with Gasteiger partial charge in [0.1, 0.15) is 16.5 Å². The molecule has 1 N–H and O–H groups in total. The summed E-state index contributed by atoms with van der Waals surface area (Å²) in [7, 11) is 1.51. The minimum absolute atomic E-state index is 0.0100. The summed E-state index contributed by atoms with van der Waals surface area (Å²) < 4.78 is 6.11. The van der Waals surface area contributed by atoms with Crippen molar-refractivity contribution in [3.63, 3.8) is 0 Å². The molecule has 0 atom stereocenters. The Balaban J connectivity index is 1.93. The minimum atomic E-state index is -0.567. The van der Waals surface area contributed by atoms with Gasteiger partial charge in [-0.3, -0.25) is 9.59 Å². The lowest BCUT2D eigenvalue weighted by Crippen LogP contribution is -2.32.